The second kappa shape index (κ2) is 9.76. The first-order valence-electron chi connectivity index (χ1n) is 10.1. The van der Waals surface area contributed by atoms with Crippen molar-refractivity contribution in [1.29, 1.82) is 0 Å². The van der Waals surface area contributed by atoms with Crippen LogP contribution in [0.2, 0.25) is 0 Å². The molecule has 2 aromatic rings. The van der Waals surface area contributed by atoms with Crippen LogP contribution in [0.3, 0.4) is 0 Å². The monoisotopic (exact) mass is 405 g/mol. The van der Waals surface area contributed by atoms with Crippen molar-refractivity contribution in [3.63, 3.8) is 0 Å². The highest BCUT2D eigenvalue weighted by Gasteiger charge is 2.29. The van der Waals surface area contributed by atoms with Crippen LogP contribution in [0.25, 0.3) is 0 Å². The lowest BCUT2D eigenvalue weighted by atomic mass is 10.1. The van der Waals surface area contributed by atoms with Crippen molar-refractivity contribution in [3.8, 4) is 0 Å². The Labute approximate surface area is 169 Å². The van der Waals surface area contributed by atoms with Crippen LogP contribution in [0.1, 0.15) is 48.2 Å². The molecule has 29 heavy (non-hydrogen) atoms. The highest BCUT2D eigenvalue weighted by molar-refractivity contribution is 5.92. The third-order valence-electron chi connectivity index (χ3n) is 5.13. The van der Waals surface area contributed by atoms with Crippen molar-refractivity contribution in [2.75, 3.05) is 31.1 Å². The van der Waals surface area contributed by atoms with Crippen molar-refractivity contribution in [1.82, 2.24) is 9.88 Å². The average molecular weight is 405 g/mol. The minimum atomic E-state index is -4.21. The van der Waals surface area contributed by atoms with Gasteiger partial charge in [-0.2, -0.15) is 13.2 Å². The molecule has 0 aliphatic carbocycles. The van der Waals surface area contributed by atoms with Crippen molar-refractivity contribution in [2.45, 2.75) is 38.3 Å². The molecular formula is C22H26F3N3O. The molecule has 1 aromatic carbocycles. The van der Waals surface area contributed by atoms with E-state index in [1.54, 1.807) is 6.07 Å². The van der Waals surface area contributed by atoms with Crippen LogP contribution in [0.15, 0.2) is 48.5 Å². The van der Waals surface area contributed by atoms with Crippen molar-refractivity contribution in [3.05, 3.63) is 59.8 Å². The summed E-state index contributed by atoms with van der Waals surface area (Å²) in [4.78, 5) is 21.1. The number of hydrogen-bond donors (Lipinski definition) is 0. The topological polar surface area (TPSA) is 36.4 Å². The maximum atomic E-state index is 12.3. The van der Waals surface area contributed by atoms with Crippen LogP contribution in [0.5, 0.6) is 0 Å². The number of piperidine rings is 1. The molecule has 2 saturated heterocycles. The van der Waals surface area contributed by atoms with Crippen LogP contribution in [-0.2, 0) is 6.18 Å². The number of aromatic nitrogens is 1. The number of hydrogen-bond acceptors (Lipinski definition) is 3. The van der Waals surface area contributed by atoms with E-state index in [0.717, 1.165) is 57.0 Å². The van der Waals surface area contributed by atoms with Crippen LogP contribution < -0.4 is 4.90 Å². The zero-order chi connectivity index (χ0) is 20.7. The maximum Gasteiger partial charge on any atom is 0.416 e. The Bertz CT molecular complexity index is 783. The third-order valence-corrected chi connectivity index (χ3v) is 5.13. The van der Waals surface area contributed by atoms with Gasteiger partial charge in [-0.05, 0) is 44.2 Å². The van der Waals surface area contributed by atoms with Crippen molar-refractivity contribution in [2.24, 2.45) is 0 Å². The fourth-order valence-corrected chi connectivity index (χ4v) is 3.55. The second-order valence-corrected chi connectivity index (χ2v) is 7.29. The number of carbonyl (C=O) groups excluding carboxylic acids is 1. The predicted octanol–water partition coefficient (Wildman–Crippen LogP) is 5.01. The van der Waals surface area contributed by atoms with E-state index in [1.165, 1.54) is 31.4 Å². The Morgan fingerprint density at radius 2 is 1.41 bits per heavy atom. The molecular weight excluding hydrogens is 379 g/mol. The van der Waals surface area contributed by atoms with E-state index in [1.807, 2.05) is 23.1 Å². The van der Waals surface area contributed by atoms with Crippen LogP contribution in [0, 0.1) is 0 Å². The number of benzene rings is 1. The van der Waals surface area contributed by atoms with Gasteiger partial charge in [0.2, 0.25) is 0 Å². The molecule has 1 amide bonds. The summed E-state index contributed by atoms with van der Waals surface area (Å²) in [6, 6.07) is 12.2. The van der Waals surface area contributed by atoms with E-state index in [-0.39, 0.29) is 5.91 Å². The standard InChI is InChI=1S/C15H21N3O.C7H5F3/c19-15(18-11-4-5-12-18)13-7-6-8-14(16-13)17-9-2-1-3-10-17;8-7(9,10)6-4-2-1-3-5-6/h6-8H,1-5,9-12H2;1-5H. The van der Waals surface area contributed by atoms with E-state index in [0.29, 0.717) is 5.69 Å². The van der Waals surface area contributed by atoms with E-state index < -0.39 is 11.7 Å². The summed E-state index contributed by atoms with van der Waals surface area (Å²) in [5.41, 5.74) is -0.0000246. The van der Waals surface area contributed by atoms with Crippen LogP contribution >= 0.6 is 0 Å². The molecule has 7 heteroatoms. The molecule has 2 aliphatic heterocycles. The number of halogens is 3. The lowest BCUT2D eigenvalue weighted by Crippen LogP contribution is -2.32. The SMILES string of the molecule is FC(F)(F)c1ccccc1.O=C(c1cccc(N2CCCCC2)n1)N1CCCC1. The molecule has 156 valence electrons. The number of amides is 1. The Morgan fingerprint density at radius 3 is 2.00 bits per heavy atom. The van der Waals surface area contributed by atoms with Gasteiger partial charge in [0, 0.05) is 26.2 Å². The number of pyridine rings is 1. The first kappa shape index (κ1) is 21.1. The van der Waals surface area contributed by atoms with Crippen LogP contribution in [-0.4, -0.2) is 42.0 Å². The van der Waals surface area contributed by atoms with Gasteiger partial charge in [-0.25, -0.2) is 4.98 Å². The third kappa shape index (κ3) is 5.95. The smallest absolute Gasteiger partial charge is 0.357 e. The van der Waals surface area contributed by atoms with E-state index in [2.05, 4.69) is 9.88 Å². The zero-order valence-electron chi connectivity index (χ0n) is 16.4. The molecule has 4 rings (SSSR count). The summed E-state index contributed by atoms with van der Waals surface area (Å²) < 4.78 is 35.4. The molecule has 1 aromatic heterocycles. The molecule has 0 radical (unpaired) electrons. The Kier molecular flexibility index (Phi) is 7.12. The van der Waals surface area contributed by atoms with Crippen LogP contribution in [0.4, 0.5) is 19.0 Å². The minimum Gasteiger partial charge on any atom is -0.357 e. The largest absolute Gasteiger partial charge is 0.416 e. The quantitative estimate of drug-likeness (QED) is 0.705. The Hall–Kier alpha value is -2.57. The fourth-order valence-electron chi connectivity index (χ4n) is 3.55. The molecule has 3 heterocycles. The van der Waals surface area contributed by atoms with Gasteiger partial charge in [0.05, 0.1) is 5.56 Å². The van der Waals surface area contributed by atoms with Gasteiger partial charge in [0.1, 0.15) is 11.5 Å². The predicted molar refractivity (Wildman–Crippen MR) is 107 cm³/mol. The van der Waals surface area contributed by atoms with E-state index >= 15 is 0 Å². The average Bonchev–Trinajstić information content (AvgIpc) is 3.29. The summed E-state index contributed by atoms with van der Waals surface area (Å²) in [6.45, 7) is 3.89. The zero-order valence-corrected chi connectivity index (χ0v) is 16.4. The van der Waals surface area contributed by atoms with E-state index in [4.69, 9.17) is 0 Å². The minimum absolute atomic E-state index is 0.0939. The van der Waals surface area contributed by atoms with Gasteiger partial charge < -0.3 is 9.80 Å². The highest BCUT2D eigenvalue weighted by Crippen LogP contribution is 2.28. The van der Waals surface area contributed by atoms with Gasteiger partial charge in [-0.15, -0.1) is 0 Å². The summed E-state index contributed by atoms with van der Waals surface area (Å²) in [6.07, 6.45) is 1.80. The second-order valence-electron chi connectivity index (χ2n) is 7.29. The van der Waals surface area contributed by atoms with Gasteiger partial charge in [-0.1, -0.05) is 36.4 Å². The molecule has 2 fully saturated rings. The number of alkyl halides is 3. The number of anilines is 1. The summed E-state index contributed by atoms with van der Waals surface area (Å²) in [5, 5.41) is 0. The number of likely N-dealkylation sites (tertiary alicyclic amines) is 1. The van der Waals surface area contributed by atoms with Gasteiger partial charge in [-0.3, -0.25) is 4.79 Å². The number of carbonyl (C=O) groups is 1. The maximum absolute atomic E-state index is 12.3. The van der Waals surface area contributed by atoms with Gasteiger partial charge >= 0.3 is 6.18 Å². The first-order valence-corrected chi connectivity index (χ1v) is 10.1. The molecule has 0 N–H and O–H groups in total. The van der Waals surface area contributed by atoms with Crippen molar-refractivity contribution >= 4 is 11.7 Å². The molecule has 4 nitrogen and oxygen atoms in total. The van der Waals surface area contributed by atoms with Crippen molar-refractivity contribution < 1.29 is 18.0 Å². The highest BCUT2D eigenvalue weighted by atomic mass is 19.4. The van der Waals surface area contributed by atoms with E-state index in [9.17, 15) is 18.0 Å². The first-order chi connectivity index (χ1) is 13.9. The Morgan fingerprint density at radius 1 is 0.793 bits per heavy atom. The molecule has 0 unspecified atom stereocenters. The Balaban J connectivity index is 0.000000204. The summed E-state index contributed by atoms with van der Waals surface area (Å²) >= 11 is 0. The lowest BCUT2D eigenvalue weighted by Gasteiger charge is -2.28. The molecule has 0 saturated carbocycles. The molecule has 2 aliphatic rings. The van der Waals surface area contributed by atoms with Gasteiger partial charge in [0.15, 0.2) is 0 Å². The number of rotatable bonds is 2. The summed E-state index contributed by atoms with van der Waals surface area (Å²) in [7, 11) is 0. The fraction of sp³-hybridized carbons (Fsp3) is 0.455. The molecule has 0 atom stereocenters. The number of nitrogens with zero attached hydrogens (tertiary/aromatic N) is 3. The summed E-state index contributed by atoms with van der Waals surface area (Å²) in [5.74, 6) is 1.06. The lowest BCUT2D eigenvalue weighted by molar-refractivity contribution is -0.137. The van der Waals surface area contributed by atoms with Gasteiger partial charge in [0.25, 0.3) is 5.91 Å². The molecule has 0 spiro atoms. The molecule has 0 bridgehead atoms. The normalized spacial score (nSPS) is 16.9.